The van der Waals surface area contributed by atoms with E-state index in [0.717, 1.165) is 33.4 Å². The van der Waals surface area contributed by atoms with Gasteiger partial charge in [-0.1, -0.05) is 260 Å². The average Bonchev–Trinajstić information content (AvgIpc) is 1.47. The molecule has 0 bridgehead atoms. The molecule has 0 saturated carbocycles. The lowest BCUT2D eigenvalue weighted by Crippen LogP contribution is -2.28. The van der Waals surface area contributed by atoms with Crippen molar-refractivity contribution in [3.05, 3.63) is 341 Å². The molecule has 14 rings (SSSR count). The highest BCUT2D eigenvalue weighted by molar-refractivity contribution is 6.09. The van der Waals surface area contributed by atoms with E-state index in [4.69, 9.17) is 9.60 Å². The Hall–Kier alpha value is -9.30. The summed E-state index contributed by atoms with van der Waals surface area (Å²) in [6.45, 7) is 0. The summed E-state index contributed by atoms with van der Waals surface area (Å²) >= 11 is 0. The average molecular weight is 955 g/mol. The first-order valence-corrected chi connectivity index (χ1v) is 23.2. The van der Waals surface area contributed by atoms with Gasteiger partial charge in [0.25, 0.3) is 0 Å². The van der Waals surface area contributed by atoms with Crippen LogP contribution < -0.4 is 4.90 Å². The van der Waals surface area contributed by atoms with Crippen LogP contribution in [0.2, 0.25) is 0 Å². The minimum Gasteiger partial charge on any atom is -0.310 e. The smallest absolute Gasteiger partial charge is 0.0714 e. The Kier molecular flexibility index (Phi) is 5.50. The van der Waals surface area contributed by atoms with E-state index in [1.807, 2.05) is 91.0 Å². The summed E-state index contributed by atoms with van der Waals surface area (Å²) in [4.78, 5) is 1.51. The van der Waals surface area contributed by atoms with Gasteiger partial charge in [0.2, 0.25) is 0 Å². The second-order valence-electron chi connectivity index (χ2n) is 17.4. The highest BCUT2D eigenvalue weighted by Crippen LogP contribution is 2.60. The molecule has 2 aliphatic carbocycles. The Morgan fingerprint density at radius 2 is 0.849 bits per heavy atom. The summed E-state index contributed by atoms with van der Waals surface area (Å²) in [5.74, 6) is 0. The van der Waals surface area contributed by atoms with Crippen molar-refractivity contribution >= 4 is 27.8 Å². The van der Waals surface area contributed by atoms with E-state index in [1.54, 1.807) is 36.4 Å². The van der Waals surface area contributed by atoms with Gasteiger partial charge in [-0.05, 0) is 136 Å². The minimum absolute atomic E-state index is 0.325. The summed E-state index contributed by atoms with van der Waals surface area (Å²) in [5.41, 5.74) is -8.23. The zero-order valence-electron chi connectivity index (χ0n) is 65.1. The lowest BCUT2D eigenvalue weighted by molar-refractivity contribution is 0.768. The Morgan fingerprint density at radius 3 is 1.56 bits per heavy atom. The predicted molar refractivity (Wildman–Crippen MR) is 304 cm³/mol. The van der Waals surface area contributed by atoms with Crippen LogP contribution in [0.25, 0.3) is 55.3 Å². The van der Waals surface area contributed by atoms with Crippen molar-refractivity contribution < 1.29 is 37.0 Å². The first-order chi connectivity index (χ1) is 47.5. The lowest BCUT2D eigenvalue weighted by Gasteiger charge is -2.35. The van der Waals surface area contributed by atoms with Gasteiger partial charge in [-0.15, -0.1) is 0 Å². The van der Waals surface area contributed by atoms with Crippen molar-refractivity contribution in [2.24, 2.45) is 0 Å². The van der Waals surface area contributed by atoms with E-state index in [2.05, 4.69) is 6.07 Å². The number of para-hydroxylation sites is 1. The first kappa shape index (κ1) is 23.3. The van der Waals surface area contributed by atoms with Crippen LogP contribution in [0.5, 0.6) is 0 Å². The third-order valence-electron chi connectivity index (χ3n) is 13.9. The van der Waals surface area contributed by atoms with E-state index in [1.165, 1.54) is 4.90 Å². The highest BCUT2D eigenvalue weighted by Gasteiger charge is 2.48. The summed E-state index contributed by atoms with van der Waals surface area (Å²) < 4.78 is 259. The van der Waals surface area contributed by atoms with Crippen LogP contribution in [0.3, 0.4) is 0 Å². The number of rotatable bonds is 9. The number of nitrogens with zero attached hydrogens (tertiary/aromatic N) is 1. The summed E-state index contributed by atoms with van der Waals surface area (Å²) in [6, 6.07) is 12.5. The second kappa shape index (κ2) is 17.2. The Morgan fingerprint density at radius 1 is 0.288 bits per heavy atom. The van der Waals surface area contributed by atoms with Crippen LogP contribution in [0, 0.1) is 0 Å². The van der Waals surface area contributed by atoms with Gasteiger partial charge in [-0.2, -0.15) is 0 Å². The number of anilines is 3. The van der Waals surface area contributed by atoms with E-state index >= 15 is 0 Å². The Balaban J connectivity index is 1.16. The van der Waals surface area contributed by atoms with Crippen LogP contribution in [0.15, 0.2) is 297 Å². The molecule has 1 nitrogen and oxygen atoms in total. The van der Waals surface area contributed by atoms with Crippen molar-refractivity contribution in [2.75, 3.05) is 4.90 Å². The van der Waals surface area contributed by atoms with Crippen molar-refractivity contribution in [1.82, 2.24) is 0 Å². The fourth-order valence-electron chi connectivity index (χ4n) is 11.0. The van der Waals surface area contributed by atoms with Gasteiger partial charge in [-0.3, -0.25) is 0 Å². The van der Waals surface area contributed by atoms with E-state index in [0.29, 0.717) is 11.4 Å². The fourth-order valence-corrected chi connectivity index (χ4v) is 11.0. The van der Waals surface area contributed by atoms with Crippen molar-refractivity contribution in [3.63, 3.8) is 0 Å². The normalized spacial score (nSPS) is 18.6. The van der Waals surface area contributed by atoms with Gasteiger partial charge in [0.15, 0.2) is 0 Å². The number of hydrogen-bond donors (Lipinski definition) is 0. The fraction of sp³-hybridized carbons (Fsp3) is 0.0278. The number of benzene rings is 12. The molecule has 2 aliphatic rings. The van der Waals surface area contributed by atoms with Crippen molar-refractivity contribution in [3.8, 4) is 44.5 Å². The highest BCUT2D eigenvalue weighted by atomic mass is 15.1. The Bertz CT molecular complexity index is 5450. The maximum absolute atomic E-state index is 10.3. The van der Waals surface area contributed by atoms with Crippen LogP contribution in [0.1, 0.15) is 81.5 Å². The van der Waals surface area contributed by atoms with E-state index < -0.39 is 240 Å². The summed E-state index contributed by atoms with van der Waals surface area (Å²) in [6.07, 6.45) is 0. The zero-order valence-corrected chi connectivity index (χ0v) is 38.1. The van der Waals surface area contributed by atoms with Gasteiger partial charge in [0, 0.05) is 17.1 Å². The number of hydrogen-bond acceptors (Lipinski definition) is 1. The predicted octanol–water partition coefficient (Wildman–Crippen LogP) is 18.4. The molecule has 0 atom stereocenters. The van der Waals surface area contributed by atoms with E-state index in [-0.39, 0.29) is 5.69 Å². The molecular formula is C72H49N. The standard InChI is InChI=1S/C72H49N/c1-6-24-52(25-7-1)71(53-26-8-2-9-27-53)66-39-21-19-36-63(66)70-64(37-22-40-67(70)71)69-59-34-17-16-23-50(59)43-47-60(69)51-41-44-57(45-42-51)73(56-32-14-5-15-33-56)58-46-48-62-61-35-18-20-38-65(61)72(68(62)49-58,54-28-10-3-11-29-54)55-30-12-4-13-31-55/h1-49H/i1D,2D,6D,7D,8D,9D,16D,17D,19D,21D,22D,23D,24D,25D,26D,27D,34D,36D,37D,39D,40D,41D,42D,43D,44D,45D,47D. The molecule has 342 valence electrons. The molecule has 0 radical (unpaired) electrons. The topological polar surface area (TPSA) is 3.24 Å². The van der Waals surface area contributed by atoms with Gasteiger partial charge in [0.1, 0.15) is 0 Å². The molecule has 0 spiro atoms. The monoisotopic (exact) mass is 955 g/mol. The quantitative estimate of drug-likeness (QED) is 0.139. The third kappa shape index (κ3) is 6.42. The second-order valence-corrected chi connectivity index (χ2v) is 17.4. The molecule has 0 aromatic heterocycles. The molecule has 0 amide bonds. The van der Waals surface area contributed by atoms with Crippen LogP contribution >= 0.6 is 0 Å². The minimum atomic E-state index is -3.36. The Labute approximate surface area is 465 Å². The molecule has 0 saturated heterocycles. The molecule has 0 heterocycles. The van der Waals surface area contributed by atoms with Crippen molar-refractivity contribution in [1.29, 1.82) is 0 Å². The van der Waals surface area contributed by atoms with E-state index in [9.17, 15) is 27.4 Å². The maximum atomic E-state index is 10.3. The maximum Gasteiger partial charge on any atom is 0.0714 e. The molecule has 0 N–H and O–H groups in total. The molecule has 0 fully saturated rings. The van der Waals surface area contributed by atoms with Gasteiger partial charge in [0.05, 0.1) is 47.8 Å². The molecule has 0 aliphatic heterocycles. The molecule has 12 aromatic carbocycles. The molecule has 1 heteroatoms. The van der Waals surface area contributed by atoms with Gasteiger partial charge in [-0.25, -0.2) is 0 Å². The number of fused-ring (bicyclic) bond motifs is 7. The van der Waals surface area contributed by atoms with Gasteiger partial charge >= 0.3 is 0 Å². The molecular weight excluding hydrogens is 879 g/mol. The zero-order chi connectivity index (χ0) is 71.8. The lowest BCUT2D eigenvalue weighted by atomic mass is 9.67. The molecule has 73 heavy (non-hydrogen) atoms. The van der Waals surface area contributed by atoms with Crippen LogP contribution in [-0.4, -0.2) is 0 Å². The molecule has 0 unspecified atom stereocenters. The third-order valence-corrected chi connectivity index (χ3v) is 13.9. The SMILES string of the molecule is [2H]c1c([2H])c([2H])c(C2(c3c([2H])c([2H])c([2H])c([2H])c3[2H])c3c([2H])c([2H])c([2H])c([2H])c3-c3c(-c4c(-c5c([2H])c([2H])c(N(c6ccccc6)c6ccc7c(c6)C(c6ccccc6)(c6ccccc6)c6ccccc6-7)c([2H])c5[2H])c([2H])c([2H])c5c([2H])c([2H])c([2H])c([2H])c45)c([2H])c([2H])c([2H])c32)c([2H])c1[2H]. The van der Waals surface area contributed by atoms with Crippen LogP contribution in [0.4, 0.5) is 17.1 Å². The summed E-state index contributed by atoms with van der Waals surface area (Å²) in [5, 5.41) is -1.59. The van der Waals surface area contributed by atoms with Crippen molar-refractivity contribution in [2.45, 2.75) is 10.8 Å². The summed E-state index contributed by atoms with van der Waals surface area (Å²) in [7, 11) is 0. The van der Waals surface area contributed by atoms with Crippen LogP contribution in [-0.2, 0) is 10.8 Å². The first-order valence-electron chi connectivity index (χ1n) is 36.7. The van der Waals surface area contributed by atoms with Gasteiger partial charge < -0.3 is 4.90 Å². The largest absolute Gasteiger partial charge is 0.310 e. The molecule has 12 aromatic rings.